The number of benzene rings is 1. The fraction of sp³-hybridized carbons (Fsp3) is 0.167. The van der Waals surface area contributed by atoms with Crippen LogP contribution in [0, 0.1) is 11.3 Å². The van der Waals surface area contributed by atoms with E-state index in [1.807, 2.05) is 24.3 Å². The molecule has 92 valence electrons. The van der Waals surface area contributed by atoms with Crippen molar-refractivity contribution in [2.75, 3.05) is 0 Å². The molecule has 1 nitrogen and oxygen atoms in total. The van der Waals surface area contributed by atoms with Crippen molar-refractivity contribution in [3.05, 3.63) is 76.4 Å². The number of hydrogen-bond donors (Lipinski definition) is 0. The van der Waals surface area contributed by atoms with Gasteiger partial charge in [0.25, 0.3) is 0 Å². The van der Waals surface area contributed by atoms with Crippen LogP contribution in [0.25, 0.3) is 6.08 Å². The van der Waals surface area contributed by atoms with E-state index in [9.17, 15) is 0 Å². The third-order valence-corrected chi connectivity index (χ3v) is 3.70. The van der Waals surface area contributed by atoms with E-state index in [0.717, 1.165) is 30.4 Å². The van der Waals surface area contributed by atoms with Crippen molar-refractivity contribution in [1.29, 1.82) is 5.26 Å². The molecule has 1 heteroatoms. The Morgan fingerprint density at radius 1 is 1.21 bits per heavy atom. The van der Waals surface area contributed by atoms with Crippen LogP contribution < -0.4 is 0 Å². The van der Waals surface area contributed by atoms with E-state index in [1.165, 1.54) is 16.7 Å². The lowest BCUT2D eigenvalue weighted by Gasteiger charge is -2.06. The quantitative estimate of drug-likeness (QED) is 0.712. The summed E-state index contributed by atoms with van der Waals surface area (Å²) in [7, 11) is 0. The predicted molar refractivity (Wildman–Crippen MR) is 78.3 cm³/mol. The molecule has 0 amide bonds. The van der Waals surface area contributed by atoms with Gasteiger partial charge in [-0.25, -0.2) is 0 Å². The van der Waals surface area contributed by atoms with Crippen molar-refractivity contribution in [2.45, 2.75) is 19.3 Å². The summed E-state index contributed by atoms with van der Waals surface area (Å²) in [6, 6.07) is 9.89. The predicted octanol–water partition coefficient (Wildman–Crippen LogP) is 4.55. The largest absolute Gasteiger partial charge is 0.192 e. The third kappa shape index (κ3) is 2.18. The third-order valence-electron chi connectivity index (χ3n) is 3.70. The summed E-state index contributed by atoms with van der Waals surface area (Å²) in [6.07, 6.45) is 10.0. The van der Waals surface area contributed by atoms with E-state index < -0.39 is 0 Å². The summed E-state index contributed by atoms with van der Waals surface area (Å²) in [6.45, 7) is 4.22. The van der Waals surface area contributed by atoms with Crippen molar-refractivity contribution in [3.8, 4) is 6.07 Å². The lowest BCUT2D eigenvalue weighted by molar-refractivity contribution is 0.998. The zero-order valence-electron chi connectivity index (χ0n) is 10.8. The molecule has 0 aliphatic heterocycles. The smallest absolute Gasteiger partial charge is 0.0991 e. The highest BCUT2D eigenvalue weighted by Crippen LogP contribution is 2.42. The topological polar surface area (TPSA) is 23.8 Å². The summed E-state index contributed by atoms with van der Waals surface area (Å²) >= 11 is 0. The zero-order chi connectivity index (χ0) is 13.2. The molecule has 0 radical (unpaired) electrons. The Bertz CT molecular complexity index is 678. The van der Waals surface area contributed by atoms with E-state index >= 15 is 0 Å². The minimum absolute atomic E-state index is 0.703. The molecule has 1 aromatic rings. The van der Waals surface area contributed by atoms with Gasteiger partial charge in [-0.3, -0.25) is 0 Å². The van der Waals surface area contributed by atoms with Gasteiger partial charge in [0.05, 0.1) is 11.6 Å². The lowest BCUT2D eigenvalue weighted by atomic mass is 9.99. The average Bonchev–Trinajstić information content (AvgIpc) is 2.76. The highest BCUT2D eigenvalue weighted by molar-refractivity contribution is 5.72. The number of fused-ring (bicyclic) bond motifs is 1. The second-order valence-electron chi connectivity index (χ2n) is 4.99. The molecular formula is C18H15N. The van der Waals surface area contributed by atoms with Crippen molar-refractivity contribution in [3.63, 3.8) is 0 Å². The van der Waals surface area contributed by atoms with E-state index in [4.69, 9.17) is 5.26 Å². The fourth-order valence-corrected chi connectivity index (χ4v) is 2.73. The average molecular weight is 245 g/mol. The Morgan fingerprint density at radius 3 is 2.84 bits per heavy atom. The maximum atomic E-state index is 8.94. The molecule has 1 aromatic carbocycles. The van der Waals surface area contributed by atoms with Crippen LogP contribution >= 0.6 is 0 Å². The molecule has 0 atom stereocenters. The van der Waals surface area contributed by atoms with Crippen LogP contribution in [0.1, 0.15) is 30.4 Å². The van der Waals surface area contributed by atoms with Crippen molar-refractivity contribution in [1.82, 2.24) is 0 Å². The van der Waals surface area contributed by atoms with Crippen LogP contribution in [0.15, 0.2) is 65.3 Å². The van der Waals surface area contributed by atoms with Gasteiger partial charge < -0.3 is 0 Å². The summed E-state index contributed by atoms with van der Waals surface area (Å²) in [5, 5.41) is 8.94. The maximum Gasteiger partial charge on any atom is 0.0991 e. The van der Waals surface area contributed by atoms with E-state index in [0.29, 0.717) is 5.56 Å². The van der Waals surface area contributed by atoms with Crippen molar-refractivity contribution >= 4 is 6.08 Å². The molecule has 1 fully saturated rings. The molecule has 0 saturated heterocycles. The van der Waals surface area contributed by atoms with Gasteiger partial charge in [0.15, 0.2) is 0 Å². The first-order valence-corrected chi connectivity index (χ1v) is 6.58. The molecular weight excluding hydrogens is 230 g/mol. The van der Waals surface area contributed by atoms with Gasteiger partial charge in [0, 0.05) is 0 Å². The Kier molecular flexibility index (Phi) is 2.93. The minimum Gasteiger partial charge on any atom is -0.192 e. The summed E-state index contributed by atoms with van der Waals surface area (Å²) in [4.78, 5) is 0. The van der Waals surface area contributed by atoms with Crippen molar-refractivity contribution in [2.24, 2.45) is 0 Å². The summed E-state index contributed by atoms with van der Waals surface area (Å²) in [5.74, 6) is 0. The Hall–Kier alpha value is -2.33. The molecule has 19 heavy (non-hydrogen) atoms. The van der Waals surface area contributed by atoms with Crippen LogP contribution in [0.2, 0.25) is 0 Å². The van der Waals surface area contributed by atoms with E-state index in [1.54, 1.807) is 0 Å². The second-order valence-corrected chi connectivity index (χ2v) is 4.99. The molecule has 0 spiro atoms. The van der Waals surface area contributed by atoms with Crippen LogP contribution in [-0.4, -0.2) is 0 Å². The van der Waals surface area contributed by atoms with Gasteiger partial charge in [-0.2, -0.15) is 5.26 Å². The molecule has 0 aromatic heterocycles. The fourth-order valence-electron chi connectivity index (χ4n) is 2.73. The Morgan fingerprint density at radius 2 is 2.05 bits per heavy atom. The first kappa shape index (κ1) is 11.7. The van der Waals surface area contributed by atoms with Crippen LogP contribution in [-0.2, 0) is 0 Å². The second kappa shape index (κ2) is 4.74. The highest BCUT2D eigenvalue weighted by Gasteiger charge is 2.23. The Labute approximate surface area is 113 Å². The van der Waals surface area contributed by atoms with E-state index in [-0.39, 0.29) is 0 Å². The standard InChI is InChI=1S/C18H15N/c1-13-17(11-16-7-2-3-8-18(13)16)10-14-5-4-6-15(9-14)12-19/h4-10H,1-3,11H2/b17-10+. The van der Waals surface area contributed by atoms with Crippen LogP contribution in [0.5, 0.6) is 0 Å². The van der Waals surface area contributed by atoms with E-state index in [2.05, 4.69) is 30.9 Å². The molecule has 2 aliphatic rings. The zero-order valence-corrected chi connectivity index (χ0v) is 10.8. The van der Waals surface area contributed by atoms with Crippen LogP contribution in [0.4, 0.5) is 0 Å². The van der Waals surface area contributed by atoms with Gasteiger partial charge in [-0.1, -0.05) is 36.9 Å². The molecule has 2 aliphatic carbocycles. The molecule has 0 N–H and O–H groups in total. The number of hydrogen-bond acceptors (Lipinski definition) is 1. The maximum absolute atomic E-state index is 8.94. The van der Waals surface area contributed by atoms with Gasteiger partial charge in [0.1, 0.15) is 0 Å². The SMILES string of the molecule is C=C1C2=CCCC=C2C/C1=C\c1cccc(C#N)c1. The number of nitriles is 1. The van der Waals surface area contributed by atoms with Gasteiger partial charge in [-0.15, -0.1) is 0 Å². The van der Waals surface area contributed by atoms with Gasteiger partial charge >= 0.3 is 0 Å². The lowest BCUT2D eigenvalue weighted by Crippen LogP contribution is -1.87. The van der Waals surface area contributed by atoms with Gasteiger partial charge in [-0.05, 0) is 59.3 Å². The summed E-state index contributed by atoms with van der Waals surface area (Å²) in [5.41, 5.74) is 6.94. The molecule has 0 bridgehead atoms. The molecule has 1 saturated carbocycles. The Balaban J connectivity index is 1.97. The normalized spacial score (nSPS) is 19.7. The first-order chi connectivity index (χ1) is 9.28. The molecule has 0 heterocycles. The summed E-state index contributed by atoms with van der Waals surface area (Å²) < 4.78 is 0. The number of allylic oxidation sites excluding steroid dienone is 6. The first-order valence-electron chi connectivity index (χ1n) is 6.58. The molecule has 0 unspecified atom stereocenters. The van der Waals surface area contributed by atoms with Crippen molar-refractivity contribution < 1.29 is 0 Å². The highest BCUT2D eigenvalue weighted by atomic mass is 14.3. The van der Waals surface area contributed by atoms with Crippen LogP contribution in [0.3, 0.4) is 0 Å². The number of rotatable bonds is 1. The number of nitrogens with zero attached hydrogens (tertiary/aromatic N) is 1. The van der Waals surface area contributed by atoms with Gasteiger partial charge in [0.2, 0.25) is 0 Å². The minimum atomic E-state index is 0.703. The molecule has 3 rings (SSSR count). The monoisotopic (exact) mass is 245 g/mol.